The van der Waals surface area contributed by atoms with Crippen molar-refractivity contribution in [1.29, 1.82) is 0 Å². The molecule has 5 nitrogen and oxygen atoms in total. The fourth-order valence-electron chi connectivity index (χ4n) is 3.44. The first-order chi connectivity index (χ1) is 11.1. The van der Waals surface area contributed by atoms with Crippen LogP contribution in [0.25, 0.3) is 0 Å². The molecular formula is C18H23NO4. The Balaban J connectivity index is 1.55. The van der Waals surface area contributed by atoms with Crippen LogP contribution in [0, 0.1) is 5.92 Å². The van der Waals surface area contributed by atoms with Crippen LogP contribution in [0.5, 0.6) is 5.75 Å². The highest BCUT2D eigenvalue weighted by Gasteiger charge is 2.28. The quantitative estimate of drug-likeness (QED) is 0.925. The summed E-state index contributed by atoms with van der Waals surface area (Å²) < 4.78 is 5.64. The predicted octanol–water partition coefficient (Wildman–Crippen LogP) is 2.27. The molecule has 0 aromatic heterocycles. The van der Waals surface area contributed by atoms with E-state index in [1.165, 1.54) is 24.0 Å². The number of carboxylic acids is 1. The van der Waals surface area contributed by atoms with Crippen molar-refractivity contribution >= 4 is 11.9 Å². The molecule has 5 heteroatoms. The monoisotopic (exact) mass is 317 g/mol. The van der Waals surface area contributed by atoms with Gasteiger partial charge in [-0.2, -0.15) is 0 Å². The van der Waals surface area contributed by atoms with Crippen LogP contribution in [0.4, 0.5) is 0 Å². The van der Waals surface area contributed by atoms with Gasteiger partial charge in [-0.15, -0.1) is 0 Å². The number of likely N-dealkylation sites (tertiary alicyclic amines) is 1. The second-order valence-electron chi connectivity index (χ2n) is 6.44. The molecule has 0 bridgehead atoms. The molecule has 1 aromatic rings. The van der Waals surface area contributed by atoms with Crippen molar-refractivity contribution in [2.45, 2.75) is 38.5 Å². The maximum absolute atomic E-state index is 12.2. The molecule has 1 N–H and O–H groups in total. The van der Waals surface area contributed by atoms with Crippen LogP contribution in [0.1, 0.15) is 36.8 Å². The topological polar surface area (TPSA) is 66.8 Å². The van der Waals surface area contributed by atoms with Crippen LogP contribution in [0.15, 0.2) is 18.2 Å². The average Bonchev–Trinajstić information content (AvgIpc) is 2.59. The van der Waals surface area contributed by atoms with E-state index in [0.717, 1.165) is 25.0 Å². The minimum Gasteiger partial charge on any atom is -0.484 e. The number of carboxylic acid groups (broad SMARTS) is 1. The van der Waals surface area contributed by atoms with E-state index in [2.05, 4.69) is 6.07 Å². The van der Waals surface area contributed by atoms with Crippen LogP contribution in [-0.2, 0) is 22.4 Å². The van der Waals surface area contributed by atoms with Gasteiger partial charge >= 0.3 is 5.97 Å². The summed E-state index contributed by atoms with van der Waals surface area (Å²) in [6, 6.07) is 6.06. The lowest BCUT2D eigenvalue weighted by atomic mass is 9.92. The standard InChI is InChI=1S/C18H23NO4/c20-17(19-9-3-6-15(11-19)18(21)22)12-23-16-8-7-13-4-1-2-5-14(13)10-16/h7-8,10,15H,1-6,9,11-12H2,(H,21,22). The Morgan fingerprint density at radius 1 is 1.17 bits per heavy atom. The molecule has 1 saturated heterocycles. The maximum atomic E-state index is 12.2. The van der Waals surface area contributed by atoms with Gasteiger partial charge < -0.3 is 14.7 Å². The molecule has 1 aliphatic heterocycles. The van der Waals surface area contributed by atoms with Crippen molar-refractivity contribution < 1.29 is 19.4 Å². The van der Waals surface area contributed by atoms with Gasteiger partial charge in [0.15, 0.2) is 6.61 Å². The lowest BCUT2D eigenvalue weighted by Gasteiger charge is -2.30. The fraction of sp³-hybridized carbons (Fsp3) is 0.556. The molecule has 1 aromatic carbocycles. The van der Waals surface area contributed by atoms with Gasteiger partial charge in [-0.1, -0.05) is 6.07 Å². The molecule has 0 saturated carbocycles. The maximum Gasteiger partial charge on any atom is 0.308 e. The highest BCUT2D eigenvalue weighted by Crippen LogP contribution is 2.25. The number of fused-ring (bicyclic) bond motifs is 1. The highest BCUT2D eigenvalue weighted by atomic mass is 16.5. The second kappa shape index (κ2) is 7.02. The van der Waals surface area contributed by atoms with Gasteiger partial charge in [0, 0.05) is 13.1 Å². The van der Waals surface area contributed by atoms with Crippen molar-refractivity contribution in [3.63, 3.8) is 0 Å². The third-order valence-electron chi connectivity index (χ3n) is 4.81. The van der Waals surface area contributed by atoms with Gasteiger partial charge in [0.05, 0.1) is 5.92 Å². The SMILES string of the molecule is O=C(O)C1CCCN(C(=O)COc2ccc3c(c2)CCCC3)C1. The van der Waals surface area contributed by atoms with E-state index in [-0.39, 0.29) is 12.5 Å². The van der Waals surface area contributed by atoms with Gasteiger partial charge in [-0.25, -0.2) is 0 Å². The van der Waals surface area contributed by atoms with E-state index < -0.39 is 11.9 Å². The van der Waals surface area contributed by atoms with E-state index in [1.807, 2.05) is 12.1 Å². The van der Waals surface area contributed by atoms with Crippen LogP contribution in [0.2, 0.25) is 0 Å². The average molecular weight is 317 g/mol. The van der Waals surface area contributed by atoms with Crippen molar-refractivity contribution in [2.24, 2.45) is 5.92 Å². The molecule has 1 fully saturated rings. The summed E-state index contributed by atoms with van der Waals surface area (Å²) in [5.41, 5.74) is 2.71. The van der Waals surface area contributed by atoms with Gasteiger partial charge in [-0.05, 0) is 61.8 Å². The Kier molecular flexibility index (Phi) is 4.84. The molecule has 0 radical (unpaired) electrons. The molecule has 124 valence electrons. The van der Waals surface area contributed by atoms with E-state index >= 15 is 0 Å². The molecule has 1 aliphatic carbocycles. The number of aryl methyl sites for hydroxylation is 2. The first-order valence-electron chi connectivity index (χ1n) is 8.38. The number of ether oxygens (including phenoxy) is 1. The summed E-state index contributed by atoms with van der Waals surface area (Å²) in [6.07, 6.45) is 6.03. The third kappa shape index (κ3) is 3.84. The largest absolute Gasteiger partial charge is 0.484 e. The Morgan fingerprint density at radius 2 is 1.96 bits per heavy atom. The molecule has 1 atom stereocenters. The lowest BCUT2D eigenvalue weighted by molar-refractivity contribution is -0.146. The number of aliphatic carboxylic acids is 1. The van der Waals surface area contributed by atoms with Gasteiger partial charge in [0.25, 0.3) is 5.91 Å². The number of hydrogen-bond acceptors (Lipinski definition) is 3. The Hall–Kier alpha value is -2.04. The molecule has 3 rings (SSSR count). The molecule has 0 spiro atoms. The van der Waals surface area contributed by atoms with Crippen LogP contribution < -0.4 is 4.74 Å². The lowest BCUT2D eigenvalue weighted by Crippen LogP contribution is -2.44. The number of piperidine rings is 1. The highest BCUT2D eigenvalue weighted by molar-refractivity contribution is 5.79. The summed E-state index contributed by atoms with van der Waals surface area (Å²) in [5, 5.41) is 9.09. The third-order valence-corrected chi connectivity index (χ3v) is 4.81. The molecule has 2 aliphatic rings. The Labute approximate surface area is 136 Å². The van der Waals surface area contributed by atoms with Gasteiger partial charge in [-0.3, -0.25) is 9.59 Å². The summed E-state index contributed by atoms with van der Waals surface area (Å²) >= 11 is 0. The molecule has 23 heavy (non-hydrogen) atoms. The smallest absolute Gasteiger partial charge is 0.308 e. The Morgan fingerprint density at radius 3 is 2.74 bits per heavy atom. The normalized spacial score (nSPS) is 20.7. The van der Waals surface area contributed by atoms with Gasteiger partial charge in [0.2, 0.25) is 0 Å². The zero-order valence-corrected chi connectivity index (χ0v) is 13.3. The molecule has 1 heterocycles. The molecular weight excluding hydrogens is 294 g/mol. The van der Waals surface area contributed by atoms with Crippen molar-refractivity contribution in [3.8, 4) is 5.75 Å². The second-order valence-corrected chi connectivity index (χ2v) is 6.44. The minimum atomic E-state index is -0.821. The predicted molar refractivity (Wildman–Crippen MR) is 85.5 cm³/mol. The number of hydrogen-bond donors (Lipinski definition) is 1. The number of nitrogens with zero attached hydrogens (tertiary/aromatic N) is 1. The molecule has 1 amide bonds. The molecule has 1 unspecified atom stereocenters. The summed E-state index contributed by atoms with van der Waals surface area (Å²) in [6.45, 7) is 0.892. The fourth-order valence-corrected chi connectivity index (χ4v) is 3.44. The van der Waals surface area contributed by atoms with E-state index in [4.69, 9.17) is 9.84 Å². The number of amides is 1. The van der Waals surface area contributed by atoms with Crippen molar-refractivity contribution in [2.75, 3.05) is 19.7 Å². The van der Waals surface area contributed by atoms with E-state index in [1.54, 1.807) is 4.90 Å². The van der Waals surface area contributed by atoms with E-state index in [0.29, 0.717) is 19.5 Å². The van der Waals surface area contributed by atoms with Crippen LogP contribution >= 0.6 is 0 Å². The number of carbonyl (C=O) groups excluding carboxylic acids is 1. The first kappa shape index (κ1) is 15.8. The number of rotatable bonds is 4. The van der Waals surface area contributed by atoms with Crippen molar-refractivity contribution in [3.05, 3.63) is 29.3 Å². The van der Waals surface area contributed by atoms with Crippen LogP contribution in [-0.4, -0.2) is 41.6 Å². The summed E-state index contributed by atoms with van der Waals surface area (Å²) in [5.74, 6) is -0.672. The first-order valence-corrected chi connectivity index (χ1v) is 8.38. The summed E-state index contributed by atoms with van der Waals surface area (Å²) in [4.78, 5) is 24.9. The zero-order chi connectivity index (χ0) is 16.2. The van der Waals surface area contributed by atoms with Crippen molar-refractivity contribution in [1.82, 2.24) is 4.90 Å². The Bertz CT molecular complexity index is 599. The summed E-state index contributed by atoms with van der Waals surface area (Å²) in [7, 11) is 0. The number of benzene rings is 1. The minimum absolute atomic E-state index is 0.0227. The number of carbonyl (C=O) groups is 2. The van der Waals surface area contributed by atoms with Crippen LogP contribution in [0.3, 0.4) is 0 Å². The zero-order valence-electron chi connectivity index (χ0n) is 13.3. The van der Waals surface area contributed by atoms with E-state index in [9.17, 15) is 9.59 Å². The van der Waals surface area contributed by atoms with Gasteiger partial charge in [0.1, 0.15) is 5.75 Å².